The minimum absolute atomic E-state index is 0.0378. The van der Waals surface area contributed by atoms with Crippen molar-refractivity contribution >= 4 is 0 Å². The van der Waals surface area contributed by atoms with Crippen LogP contribution in [-0.2, 0) is 9.78 Å². The van der Waals surface area contributed by atoms with Crippen LogP contribution in [0.3, 0.4) is 0 Å². The van der Waals surface area contributed by atoms with E-state index in [2.05, 4.69) is 96.9 Å². The van der Waals surface area contributed by atoms with Gasteiger partial charge >= 0.3 is 0 Å². The Morgan fingerprint density at radius 3 is 0.800 bits per heavy atom. The van der Waals surface area contributed by atoms with Gasteiger partial charge in [0.25, 0.3) is 0 Å². The van der Waals surface area contributed by atoms with Crippen LogP contribution in [0.25, 0.3) is 0 Å². The van der Waals surface area contributed by atoms with Crippen molar-refractivity contribution < 1.29 is 9.78 Å². The summed E-state index contributed by atoms with van der Waals surface area (Å²) >= 11 is 0. The molecule has 0 aromatic heterocycles. The predicted octanol–water partition coefficient (Wildman–Crippen LogP) is 9.76. The lowest BCUT2D eigenvalue weighted by atomic mass is 9.60. The molecule has 0 rings (SSSR count). The van der Waals surface area contributed by atoms with E-state index < -0.39 is 0 Å². The van der Waals surface area contributed by atoms with Crippen molar-refractivity contribution in [3.63, 3.8) is 0 Å². The summed E-state index contributed by atoms with van der Waals surface area (Å²) in [5.74, 6) is 0. The van der Waals surface area contributed by atoms with E-state index in [0.717, 1.165) is 12.8 Å². The van der Waals surface area contributed by atoms with Crippen LogP contribution in [0.4, 0.5) is 0 Å². The van der Waals surface area contributed by atoms with E-state index in [1.54, 1.807) is 0 Å². The molecule has 0 saturated carbocycles. The Morgan fingerprint density at radius 2 is 0.633 bits per heavy atom. The van der Waals surface area contributed by atoms with Gasteiger partial charge in [0.2, 0.25) is 0 Å². The quantitative estimate of drug-likeness (QED) is 0.186. The first-order valence-electron chi connectivity index (χ1n) is 12.7. The summed E-state index contributed by atoms with van der Waals surface area (Å²) < 4.78 is 0. The molecule has 0 radical (unpaired) electrons. The van der Waals surface area contributed by atoms with Crippen molar-refractivity contribution in [2.45, 2.75) is 160 Å². The Labute approximate surface area is 191 Å². The van der Waals surface area contributed by atoms with Crippen LogP contribution in [0.1, 0.15) is 148 Å². The molecule has 0 amide bonds. The van der Waals surface area contributed by atoms with E-state index >= 15 is 0 Å². The lowest BCUT2D eigenvalue weighted by Gasteiger charge is -2.57. The fourth-order valence-electron chi connectivity index (χ4n) is 5.72. The Balaban J connectivity index is 6.31. The van der Waals surface area contributed by atoms with Gasteiger partial charge in [-0.05, 0) is 34.5 Å². The Morgan fingerprint density at radius 1 is 0.400 bits per heavy atom. The molecule has 2 nitrogen and oxygen atoms in total. The van der Waals surface area contributed by atoms with E-state index in [0.29, 0.717) is 0 Å². The second kappa shape index (κ2) is 10.7. The molecule has 0 N–H and O–H groups in total. The SMILES string of the molecule is CCCCCC(OOC(CCCCC)(C(C)(C)C)C(C)(C)C)(C(C)(C)C)C(C)(C)C. The summed E-state index contributed by atoms with van der Waals surface area (Å²) in [6, 6.07) is 0. The van der Waals surface area contributed by atoms with E-state index in [4.69, 9.17) is 9.78 Å². The lowest BCUT2D eigenvalue weighted by molar-refractivity contribution is -0.477. The molecule has 0 aromatic carbocycles. The zero-order valence-corrected chi connectivity index (χ0v) is 23.5. The summed E-state index contributed by atoms with van der Waals surface area (Å²) in [6.07, 6.45) is 9.28. The normalized spacial score (nSPS) is 15.0. The van der Waals surface area contributed by atoms with Crippen LogP contribution < -0.4 is 0 Å². The van der Waals surface area contributed by atoms with Gasteiger partial charge in [-0.25, -0.2) is 9.78 Å². The van der Waals surface area contributed by atoms with Gasteiger partial charge in [-0.3, -0.25) is 0 Å². The fourth-order valence-corrected chi connectivity index (χ4v) is 5.72. The number of hydrogen-bond donors (Lipinski definition) is 0. The maximum absolute atomic E-state index is 6.85. The first kappa shape index (κ1) is 29.9. The molecule has 0 unspecified atom stereocenters. The molecule has 0 aliphatic heterocycles. The van der Waals surface area contributed by atoms with Gasteiger partial charge in [0.05, 0.1) is 0 Å². The zero-order valence-electron chi connectivity index (χ0n) is 23.5. The van der Waals surface area contributed by atoms with Crippen molar-refractivity contribution in [3.05, 3.63) is 0 Å². The van der Waals surface area contributed by atoms with E-state index in [9.17, 15) is 0 Å². The summed E-state index contributed by atoms with van der Waals surface area (Å²) in [7, 11) is 0. The Bertz CT molecular complexity index is 403. The molecular weight excluding hydrogens is 368 g/mol. The van der Waals surface area contributed by atoms with Crippen molar-refractivity contribution in [2.75, 3.05) is 0 Å². The molecule has 0 aliphatic carbocycles. The molecule has 30 heavy (non-hydrogen) atoms. The summed E-state index contributed by atoms with van der Waals surface area (Å²) in [6.45, 7) is 32.4. The lowest BCUT2D eigenvalue weighted by Crippen LogP contribution is -2.60. The van der Waals surface area contributed by atoms with Crippen molar-refractivity contribution in [1.82, 2.24) is 0 Å². The standard InChI is InChI=1S/C28H58O2/c1-15-17-19-21-27(23(3,4)5,24(6,7)8)29-30-28(25(9,10)11,26(12,13)14)22-20-18-16-2/h15-22H2,1-14H3. The molecule has 0 aliphatic rings. The molecule has 0 saturated heterocycles. The maximum atomic E-state index is 6.85. The second-order valence-electron chi connectivity index (χ2n) is 13.7. The van der Waals surface area contributed by atoms with Gasteiger partial charge < -0.3 is 0 Å². The smallest absolute Gasteiger partial charge is 0.113 e. The highest BCUT2D eigenvalue weighted by atomic mass is 17.2. The molecule has 0 atom stereocenters. The monoisotopic (exact) mass is 426 g/mol. The average molecular weight is 427 g/mol. The molecule has 0 fully saturated rings. The summed E-state index contributed by atoms with van der Waals surface area (Å²) in [5.41, 5.74) is -0.870. The highest BCUT2D eigenvalue weighted by Gasteiger charge is 2.57. The molecule has 0 bridgehead atoms. The van der Waals surface area contributed by atoms with Crippen molar-refractivity contribution in [3.8, 4) is 0 Å². The third kappa shape index (κ3) is 6.71. The van der Waals surface area contributed by atoms with Gasteiger partial charge in [-0.15, -0.1) is 0 Å². The van der Waals surface area contributed by atoms with E-state index in [-0.39, 0.29) is 32.9 Å². The van der Waals surface area contributed by atoms with Crippen molar-refractivity contribution in [1.29, 1.82) is 0 Å². The first-order valence-corrected chi connectivity index (χ1v) is 12.7. The summed E-state index contributed by atoms with van der Waals surface area (Å²) in [5, 5.41) is 0. The summed E-state index contributed by atoms with van der Waals surface area (Å²) in [4.78, 5) is 13.7. The van der Waals surface area contributed by atoms with Gasteiger partial charge in [0, 0.05) is 0 Å². The van der Waals surface area contributed by atoms with Crippen LogP contribution in [0.5, 0.6) is 0 Å². The van der Waals surface area contributed by atoms with Crippen LogP contribution in [0.2, 0.25) is 0 Å². The van der Waals surface area contributed by atoms with E-state index in [1.165, 1.54) is 38.5 Å². The van der Waals surface area contributed by atoms with E-state index in [1.807, 2.05) is 0 Å². The van der Waals surface area contributed by atoms with Crippen LogP contribution >= 0.6 is 0 Å². The minimum Gasteiger partial charge on any atom is -0.228 e. The number of unbranched alkanes of at least 4 members (excludes halogenated alkanes) is 4. The average Bonchev–Trinajstić information content (AvgIpc) is 2.51. The van der Waals surface area contributed by atoms with Crippen LogP contribution in [-0.4, -0.2) is 11.2 Å². The van der Waals surface area contributed by atoms with Gasteiger partial charge in [-0.2, -0.15) is 0 Å². The van der Waals surface area contributed by atoms with Crippen LogP contribution in [0, 0.1) is 21.7 Å². The number of hydrogen-bond acceptors (Lipinski definition) is 2. The fraction of sp³-hybridized carbons (Fsp3) is 1.00. The largest absolute Gasteiger partial charge is 0.228 e. The highest BCUT2D eigenvalue weighted by molar-refractivity contribution is 5.03. The predicted molar refractivity (Wildman–Crippen MR) is 134 cm³/mol. The molecule has 0 aromatic rings. The Kier molecular flexibility index (Phi) is 10.7. The topological polar surface area (TPSA) is 18.5 Å². The second-order valence-corrected chi connectivity index (χ2v) is 13.7. The number of rotatable bonds is 11. The van der Waals surface area contributed by atoms with Gasteiger partial charge in [0.15, 0.2) is 0 Å². The first-order chi connectivity index (χ1) is 13.3. The third-order valence-corrected chi connectivity index (χ3v) is 7.44. The highest BCUT2D eigenvalue weighted by Crippen LogP contribution is 2.55. The molecule has 0 spiro atoms. The molecular formula is C28H58O2. The molecule has 2 heteroatoms. The molecule has 182 valence electrons. The minimum atomic E-state index is -0.359. The van der Waals surface area contributed by atoms with Crippen LogP contribution in [0.15, 0.2) is 0 Å². The third-order valence-electron chi connectivity index (χ3n) is 7.44. The zero-order chi connectivity index (χ0) is 24.1. The van der Waals surface area contributed by atoms with Gasteiger partial charge in [-0.1, -0.05) is 135 Å². The Hall–Kier alpha value is -0.0800. The van der Waals surface area contributed by atoms with Crippen molar-refractivity contribution in [2.24, 2.45) is 21.7 Å². The van der Waals surface area contributed by atoms with Gasteiger partial charge in [0.1, 0.15) is 11.2 Å². The molecule has 0 heterocycles. The maximum Gasteiger partial charge on any atom is 0.113 e.